The first-order chi connectivity index (χ1) is 45.0. The smallest absolute Gasteiger partial charge is 0.416 e. The quantitative estimate of drug-likeness (QED) is 0.0143. The molecule has 6 aromatic carbocycles. The molecule has 0 unspecified atom stereocenters. The summed E-state index contributed by atoms with van der Waals surface area (Å²) in [5.41, 5.74) is -29.1. The van der Waals surface area contributed by atoms with Gasteiger partial charge >= 0.3 is 55.4 Å². The monoisotopic (exact) mass is 1410 g/mol. The Hall–Kier alpha value is -7.75. The predicted octanol–water partition coefficient (Wildman–Crippen LogP) is 20.6. The number of carbonyl (C=O) groups is 2. The number of hydrogen-bond acceptors (Lipinski definition) is 3. The van der Waals surface area contributed by atoms with Crippen molar-refractivity contribution in [3.8, 4) is 0 Å². The second-order valence-electron chi connectivity index (χ2n) is 23.3. The van der Waals surface area contributed by atoms with Crippen molar-refractivity contribution in [3.05, 3.63) is 195 Å². The molecule has 0 saturated heterocycles. The highest BCUT2D eigenvalue weighted by molar-refractivity contribution is 7.20. The lowest BCUT2D eigenvalue weighted by molar-refractivity contribution is -0.684. The van der Waals surface area contributed by atoms with Gasteiger partial charge in [0.15, 0.2) is 6.20 Å². The molecule has 0 aliphatic rings. The number of unbranched alkanes of at least 4 members (excludes halogenated alkanes) is 15. The van der Waals surface area contributed by atoms with Gasteiger partial charge in [0.25, 0.3) is 5.69 Å². The summed E-state index contributed by atoms with van der Waals surface area (Å²) >= 11 is 0. The molecule has 4 nitrogen and oxygen atoms in total. The van der Waals surface area contributed by atoms with Crippen LogP contribution in [-0.2, 0) is 60.7 Å². The largest absolute Gasteiger partial charge is 0.458 e. The molecule has 0 radical (unpaired) electrons. The molecule has 1 heterocycles. The fourth-order valence-corrected chi connectivity index (χ4v) is 11.4. The maximum atomic E-state index is 14.2. The summed E-state index contributed by atoms with van der Waals surface area (Å²) in [7, 11) is 0. The number of nitrogens with zero attached hydrogens (tertiary/aromatic N) is 1. The summed E-state index contributed by atoms with van der Waals surface area (Å²) < 4.78 is 348. The molecular weight excluding hydrogens is 1350 g/mol. The van der Waals surface area contributed by atoms with Crippen molar-refractivity contribution in [2.45, 2.75) is 166 Å². The third kappa shape index (κ3) is 21.4. The van der Waals surface area contributed by atoms with Crippen LogP contribution in [0.2, 0.25) is 0 Å². The minimum atomic E-state index is -6.13. The number of pyridine rings is 1. The standard InChI is InChI=1S/C36H50NO3.C32H12BF24/c1-2-3-4-5-6-7-8-9-10-11-12-13-14-15-16-22-29-40-36(39)35-33-26-21-20-23-31(33)27-28-37(35)30-34(38)32-24-18-17-19-25-32;34-25(35,36)13-1-14(26(37,38)39)6-21(5-13)33(22-7-15(27(40,41)42)2-16(8-22)28(43,44)45,23-9-17(29(46,47)48)3-18(10-23)30(49,50)51)24-11-19(31(52,53)54)4-20(12-24)32(55,56)57/h17-21,23-28H,2-16,22,29-30H2,1H3;1-12H/q+1;-1. The average Bonchev–Trinajstić information content (AvgIpc) is 0.708. The zero-order valence-electron chi connectivity index (χ0n) is 51.3. The van der Waals surface area contributed by atoms with Crippen LogP contribution < -0.4 is 26.4 Å². The summed E-state index contributed by atoms with van der Waals surface area (Å²) in [5, 5.41) is 1.77. The van der Waals surface area contributed by atoms with E-state index in [4.69, 9.17) is 4.74 Å². The fourth-order valence-electron chi connectivity index (χ4n) is 11.4. The lowest BCUT2D eigenvalue weighted by atomic mass is 9.12. The molecule has 29 heteroatoms. The van der Waals surface area contributed by atoms with Crippen LogP contribution in [0.1, 0.15) is 175 Å². The maximum Gasteiger partial charge on any atom is 0.416 e. The van der Waals surface area contributed by atoms with E-state index in [0.29, 0.717) is 17.9 Å². The number of Topliss-reactive ketones (excluding diaryl/α,β-unsaturated/α-hetero) is 1. The number of esters is 1. The molecular formula is C68H62BF24NO3. The Morgan fingerprint density at radius 2 is 0.629 bits per heavy atom. The molecule has 0 aliphatic heterocycles. The van der Waals surface area contributed by atoms with Crippen molar-refractivity contribution in [1.29, 1.82) is 0 Å². The SMILES string of the molecule is CCCCCCCCCCCCCCCCCCOC(=O)c1c2ccccc2cc[n+]1CC(=O)c1ccccc1.FC(F)(F)c1cc([B-](c2cc(C(F)(F)F)cc(C(F)(F)F)c2)(c2cc(C(F)(F)F)cc(C(F)(F)F)c2)c2cc(C(F)(F)F)cc(C(F)(F)F)c2)cc(C(F)(F)F)c1. The third-order valence-corrected chi connectivity index (χ3v) is 16.2. The van der Waals surface area contributed by atoms with E-state index in [1.807, 2.05) is 54.7 Å². The van der Waals surface area contributed by atoms with E-state index in [1.165, 1.54) is 89.9 Å². The number of fused-ring (bicyclic) bond motifs is 1. The minimum Gasteiger partial charge on any atom is -0.458 e. The molecule has 0 spiro atoms. The molecule has 0 amide bonds. The zero-order valence-corrected chi connectivity index (χ0v) is 51.3. The Kier molecular flexibility index (Phi) is 25.7. The van der Waals surface area contributed by atoms with E-state index in [2.05, 4.69) is 6.92 Å². The molecule has 528 valence electrons. The van der Waals surface area contributed by atoms with Crippen LogP contribution in [0.5, 0.6) is 0 Å². The molecule has 0 aliphatic carbocycles. The number of aromatic nitrogens is 1. The normalized spacial score (nSPS) is 13.0. The lowest BCUT2D eigenvalue weighted by Gasteiger charge is -2.46. The summed E-state index contributed by atoms with van der Waals surface area (Å²) in [6, 6.07) is 10.1. The Labute approximate surface area is 540 Å². The lowest BCUT2D eigenvalue weighted by Crippen LogP contribution is -2.75. The van der Waals surface area contributed by atoms with Gasteiger partial charge < -0.3 is 4.74 Å². The highest BCUT2D eigenvalue weighted by Gasteiger charge is 2.47. The molecule has 0 N–H and O–H groups in total. The van der Waals surface area contributed by atoms with E-state index >= 15 is 0 Å². The first kappa shape index (κ1) is 78.3. The molecule has 0 saturated carbocycles. The van der Waals surface area contributed by atoms with E-state index < -0.39 is 195 Å². The number of hydrogen-bond donors (Lipinski definition) is 0. The Balaban J connectivity index is 0.000000326. The first-order valence-electron chi connectivity index (χ1n) is 30.5. The van der Waals surface area contributed by atoms with E-state index in [0.717, 1.165) is 23.6 Å². The van der Waals surface area contributed by atoms with Crippen molar-refractivity contribution in [1.82, 2.24) is 0 Å². The van der Waals surface area contributed by atoms with Gasteiger partial charge in [-0.15, -0.1) is 0 Å². The minimum absolute atomic E-state index is 0.0345. The van der Waals surface area contributed by atoms with Gasteiger partial charge in [0, 0.05) is 11.6 Å². The number of halogens is 24. The van der Waals surface area contributed by atoms with Crippen molar-refractivity contribution < 1.29 is 124 Å². The van der Waals surface area contributed by atoms with Crippen molar-refractivity contribution in [2.24, 2.45) is 0 Å². The van der Waals surface area contributed by atoms with Crippen LogP contribution in [0, 0.1) is 0 Å². The van der Waals surface area contributed by atoms with Gasteiger partial charge in [-0.2, -0.15) is 132 Å². The number of carbonyl (C=O) groups excluding carboxylic acids is 2. The van der Waals surface area contributed by atoms with Crippen LogP contribution in [0.4, 0.5) is 105 Å². The van der Waals surface area contributed by atoms with Crippen LogP contribution >= 0.6 is 0 Å². The highest BCUT2D eigenvalue weighted by atomic mass is 19.4. The molecule has 7 aromatic rings. The summed E-state index contributed by atoms with van der Waals surface area (Å²) in [5.74, 6) is -0.397. The van der Waals surface area contributed by atoms with Crippen LogP contribution in [0.3, 0.4) is 0 Å². The van der Waals surface area contributed by atoms with Gasteiger partial charge in [0.2, 0.25) is 12.3 Å². The van der Waals surface area contributed by atoms with Gasteiger partial charge in [0.1, 0.15) is 6.15 Å². The third-order valence-electron chi connectivity index (χ3n) is 16.2. The van der Waals surface area contributed by atoms with Gasteiger partial charge in [-0.25, -0.2) is 4.79 Å². The van der Waals surface area contributed by atoms with Crippen LogP contribution in [0.15, 0.2) is 140 Å². The van der Waals surface area contributed by atoms with E-state index in [9.17, 15) is 115 Å². The second-order valence-corrected chi connectivity index (χ2v) is 23.3. The van der Waals surface area contributed by atoms with Crippen LogP contribution in [0.25, 0.3) is 10.8 Å². The molecule has 0 fully saturated rings. The van der Waals surface area contributed by atoms with E-state index in [1.54, 1.807) is 16.7 Å². The van der Waals surface area contributed by atoms with Crippen molar-refractivity contribution in [2.75, 3.05) is 6.61 Å². The predicted molar refractivity (Wildman–Crippen MR) is 315 cm³/mol. The molecule has 1 aromatic heterocycles. The topological polar surface area (TPSA) is 47.2 Å². The Morgan fingerprint density at radius 3 is 0.928 bits per heavy atom. The number of ketones is 1. The number of alkyl halides is 24. The molecule has 0 bridgehead atoms. The molecule has 7 rings (SSSR count). The number of benzene rings is 6. The fraction of sp³-hybridized carbons (Fsp3) is 0.397. The van der Waals surface area contributed by atoms with Gasteiger partial charge in [-0.05, 0) is 42.1 Å². The van der Waals surface area contributed by atoms with Gasteiger partial charge in [-0.1, -0.05) is 200 Å². The van der Waals surface area contributed by atoms with E-state index in [-0.39, 0.29) is 18.3 Å². The summed E-state index contributed by atoms with van der Waals surface area (Å²) in [6.45, 7) is 2.78. The Morgan fingerprint density at radius 1 is 0.351 bits per heavy atom. The molecule has 97 heavy (non-hydrogen) atoms. The number of rotatable bonds is 25. The zero-order chi connectivity index (χ0) is 72.2. The summed E-state index contributed by atoms with van der Waals surface area (Å²) in [4.78, 5) is 26.1. The van der Waals surface area contributed by atoms with Gasteiger partial charge in [-0.3, -0.25) is 4.79 Å². The Bertz CT molecular complexity index is 3330. The second kappa shape index (κ2) is 31.8. The first-order valence-corrected chi connectivity index (χ1v) is 30.5. The number of ether oxygens (including phenoxy) is 1. The maximum absolute atomic E-state index is 14.2. The van der Waals surface area contributed by atoms with Gasteiger partial charge in [0.05, 0.1) is 56.5 Å². The van der Waals surface area contributed by atoms with Crippen LogP contribution in [-0.4, -0.2) is 24.5 Å². The average molecular weight is 1410 g/mol. The highest BCUT2D eigenvalue weighted by Crippen LogP contribution is 2.42. The summed E-state index contributed by atoms with van der Waals surface area (Å²) in [6.07, 6.45) is -32.0. The van der Waals surface area contributed by atoms with Crippen molar-refractivity contribution in [3.63, 3.8) is 0 Å². The van der Waals surface area contributed by atoms with Crippen molar-refractivity contribution >= 4 is 50.5 Å². The molecule has 0 atom stereocenters.